The van der Waals surface area contributed by atoms with Gasteiger partial charge in [-0.3, -0.25) is 4.79 Å². The van der Waals surface area contributed by atoms with Crippen molar-refractivity contribution in [2.45, 2.75) is 25.7 Å². The number of amides is 1. The number of likely N-dealkylation sites (tertiary alicyclic amines) is 2. The largest absolute Gasteiger partial charge is 0.365 e. The van der Waals surface area contributed by atoms with Gasteiger partial charge in [0.2, 0.25) is 0 Å². The molecule has 0 radical (unpaired) electrons. The number of nitrogens with zero attached hydrogens (tertiary/aromatic N) is 4. The molecule has 0 atom stereocenters. The van der Waals surface area contributed by atoms with Crippen LogP contribution in [0.15, 0.2) is 40.3 Å². The molecular formula is C26H29F2N5O. The van der Waals surface area contributed by atoms with Gasteiger partial charge in [-0.05, 0) is 68.1 Å². The van der Waals surface area contributed by atoms with Crippen molar-refractivity contribution in [3.05, 3.63) is 53.1 Å². The molecule has 0 spiro atoms. The van der Waals surface area contributed by atoms with Crippen molar-refractivity contribution in [2.75, 3.05) is 44.7 Å². The van der Waals surface area contributed by atoms with E-state index in [1.165, 1.54) is 24.3 Å². The van der Waals surface area contributed by atoms with Gasteiger partial charge in [0.15, 0.2) is 0 Å². The summed E-state index contributed by atoms with van der Waals surface area (Å²) in [5.74, 6) is -0.00173. The second-order valence-corrected chi connectivity index (χ2v) is 9.22. The minimum Gasteiger partial charge on any atom is -0.365 e. The molecular weight excluding hydrogens is 436 g/mol. The third-order valence-electron chi connectivity index (χ3n) is 7.03. The van der Waals surface area contributed by atoms with Crippen molar-refractivity contribution in [1.82, 2.24) is 9.80 Å². The molecule has 1 amide bonds. The summed E-state index contributed by atoms with van der Waals surface area (Å²) in [5, 5.41) is 3.25. The highest BCUT2D eigenvalue weighted by atomic mass is 19.1. The molecule has 0 aromatic heterocycles. The van der Waals surface area contributed by atoms with Crippen LogP contribution >= 0.6 is 0 Å². The van der Waals surface area contributed by atoms with E-state index < -0.39 is 11.6 Å². The van der Waals surface area contributed by atoms with Crippen LogP contribution in [0.3, 0.4) is 0 Å². The number of hydrogen-bond donors (Lipinski definition) is 1. The van der Waals surface area contributed by atoms with E-state index >= 15 is 4.39 Å². The fraction of sp³-hybridized carbons (Fsp3) is 0.423. The Morgan fingerprint density at radius 1 is 1.09 bits per heavy atom. The van der Waals surface area contributed by atoms with E-state index in [0.29, 0.717) is 42.4 Å². The van der Waals surface area contributed by atoms with Gasteiger partial charge in [0, 0.05) is 43.9 Å². The first kappa shape index (κ1) is 22.5. The summed E-state index contributed by atoms with van der Waals surface area (Å²) in [4.78, 5) is 25.2. The van der Waals surface area contributed by atoms with Crippen LogP contribution in [0, 0.1) is 17.6 Å². The quantitative estimate of drug-likeness (QED) is 0.681. The molecule has 3 aliphatic rings. The lowest BCUT2D eigenvalue weighted by Gasteiger charge is -2.36. The number of piperidine rings is 1. The molecule has 0 unspecified atom stereocenters. The standard InChI is InChI=1S/C26H29F2N5O/c1-29-15-17-6-10-32(11-7-17)25-22-14-19(27)13-21(24(22)30-16-31-25)18-4-5-20(23(28)12-18)26(34)33-8-2-3-9-33/h4-5,12-14,17,30H,1-3,6-11,15-16H2. The predicted octanol–water partition coefficient (Wildman–Crippen LogP) is 4.41. The third kappa shape index (κ3) is 4.29. The van der Waals surface area contributed by atoms with Crippen molar-refractivity contribution in [1.29, 1.82) is 0 Å². The monoisotopic (exact) mass is 465 g/mol. The number of benzene rings is 2. The van der Waals surface area contributed by atoms with Gasteiger partial charge < -0.3 is 20.1 Å². The maximum absolute atomic E-state index is 15.0. The van der Waals surface area contributed by atoms with Gasteiger partial charge in [0.25, 0.3) is 5.91 Å². The number of nitrogens with one attached hydrogen (secondary N) is 1. The van der Waals surface area contributed by atoms with Crippen molar-refractivity contribution in [3.8, 4) is 11.1 Å². The number of anilines is 1. The van der Waals surface area contributed by atoms with Crippen molar-refractivity contribution < 1.29 is 13.6 Å². The molecule has 2 saturated heterocycles. The summed E-state index contributed by atoms with van der Waals surface area (Å²) < 4.78 is 29.8. The number of hydrogen-bond acceptors (Lipinski definition) is 5. The van der Waals surface area contributed by atoms with E-state index in [1.54, 1.807) is 11.0 Å². The van der Waals surface area contributed by atoms with Gasteiger partial charge in [-0.25, -0.2) is 13.8 Å². The van der Waals surface area contributed by atoms with Gasteiger partial charge in [-0.15, -0.1) is 0 Å². The number of halogens is 2. The Hall–Kier alpha value is -3.29. The minimum absolute atomic E-state index is 0.0583. The summed E-state index contributed by atoms with van der Waals surface area (Å²) in [7, 11) is 0. The molecule has 2 aromatic rings. The summed E-state index contributed by atoms with van der Waals surface area (Å²) in [6.07, 6.45) is 3.86. The second-order valence-electron chi connectivity index (χ2n) is 9.22. The lowest BCUT2D eigenvalue weighted by atomic mass is 9.94. The highest BCUT2D eigenvalue weighted by Crippen LogP contribution is 2.36. The molecule has 5 rings (SSSR count). The third-order valence-corrected chi connectivity index (χ3v) is 7.03. The summed E-state index contributed by atoms with van der Waals surface area (Å²) in [6.45, 7) is 7.69. The molecule has 2 aromatic carbocycles. The van der Waals surface area contributed by atoms with Crippen molar-refractivity contribution in [3.63, 3.8) is 0 Å². The van der Waals surface area contributed by atoms with E-state index in [9.17, 15) is 9.18 Å². The smallest absolute Gasteiger partial charge is 0.256 e. The number of rotatable bonds is 4. The van der Waals surface area contributed by atoms with Crippen LogP contribution in [-0.2, 0) is 0 Å². The van der Waals surface area contributed by atoms with Crippen molar-refractivity contribution >= 4 is 24.1 Å². The van der Waals surface area contributed by atoms with E-state index in [1.807, 2.05) is 0 Å². The Bertz CT molecular complexity index is 1130. The maximum Gasteiger partial charge on any atom is 0.256 e. The zero-order chi connectivity index (χ0) is 23.7. The minimum atomic E-state index is -0.588. The van der Waals surface area contributed by atoms with E-state index in [0.717, 1.165) is 56.8 Å². The number of aliphatic imine (C=N–C) groups is 2. The van der Waals surface area contributed by atoms with E-state index in [4.69, 9.17) is 0 Å². The summed E-state index contributed by atoms with van der Waals surface area (Å²) >= 11 is 0. The van der Waals surface area contributed by atoms with Crippen LogP contribution in [-0.4, -0.2) is 67.7 Å². The molecule has 0 saturated carbocycles. The zero-order valence-electron chi connectivity index (χ0n) is 19.2. The van der Waals surface area contributed by atoms with E-state index in [-0.39, 0.29) is 11.5 Å². The summed E-state index contributed by atoms with van der Waals surface area (Å²) in [6, 6.07) is 7.44. The fourth-order valence-corrected chi connectivity index (χ4v) is 5.21. The first-order valence-corrected chi connectivity index (χ1v) is 11.9. The van der Waals surface area contributed by atoms with Crippen LogP contribution in [0.1, 0.15) is 41.6 Å². The average Bonchev–Trinajstić information content (AvgIpc) is 3.39. The molecule has 1 N–H and O–H groups in total. The molecule has 8 heteroatoms. The number of carbonyl (C=O) groups excluding carboxylic acids is 1. The topological polar surface area (TPSA) is 60.3 Å². The Morgan fingerprint density at radius 3 is 2.53 bits per heavy atom. The fourth-order valence-electron chi connectivity index (χ4n) is 5.21. The molecule has 6 nitrogen and oxygen atoms in total. The van der Waals surface area contributed by atoms with Crippen LogP contribution in [0.25, 0.3) is 11.1 Å². The average molecular weight is 466 g/mol. The Balaban J connectivity index is 1.44. The maximum atomic E-state index is 15.0. The number of fused-ring (bicyclic) bond motifs is 1. The van der Waals surface area contributed by atoms with Gasteiger partial charge >= 0.3 is 0 Å². The van der Waals surface area contributed by atoms with Gasteiger partial charge in [0.05, 0.1) is 11.3 Å². The lowest BCUT2D eigenvalue weighted by Crippen LogP contribution is -2.41. The lowest BCUT2D eigenvalue weighted by molar-refractivity contribution is 0.0788. The predicted molar refractivity (Wildman–Crippen MR) is 131 cm³/mol. The molecule has 3 aliphatic heterocycles. The van der Waals surface area contributed by atoms with Crippen molar-refractivity contribution in [2.24, 2.45) is 15.9 Å². The van der Waals surface area contributed by atoms with Crippen LogP contribution < -0.4 is 5.32 Å². The Labute approximate surface area is 198 Å². The van der Waals surface area contributed by atoms with Gasteiger partial charge in [0.1, 0.15) is 24.1 Å². The normalized spacial score (nSPS) is 18.4. The van der Waals surface area contributed by atoms with Crippen LogP contribution in [0.2, 0.25) is 0 Å². The van der Waals surface area contributed by atoms with Gasteiger partial charge in [-0.2, -0.15) is 0 Å². The molecule has 178 valence electrons. The van der Waals surface area contributed by atoms with E-state index in [2.05, 4.69) is 26.9 Å². The molecule has 3 heterocycles. The first-order valence-electron chi connectivity index (χ1n) is 11.9. The highest BCUT2D eigenvalue weighted by molar-refractivity contribution is 6.08. The first-order chi connectivity index (χ1) is 16.5. The van der Waals surface area contributed by atoms with Crippen LogP contribution in [0.5, 0.6) is 0 Å². The summed E-state index contributed by atoms with van der Waals surface area (Å²) in [5.41, 5.74) is 2.56. The number of carbonyl (C=O) groups is 1. The SMILES string of the molecule is C=NCC1CCN(C2=NCNc3c2cc(F)cc3-c2ccc(C(=O)N3CCCC3)c(F)c2)CC1. The van der Waals surface area contributed by atoms with Gasteiger partial charge in [-0.1, -0.05) is 6.07 Å². The Morgan fingerprint density at radius 2 is 1.82 bits per heavy atom. The van der Waals surface area contributed by atoms with Crippen LogP contribution in [0.4, 0.5) is 14.5 Å². The number of amidine groups is 1. The molecule has 0 bridgehead atoms. The molecule has 34 heavy (non-hydrogen) atoms. The zero-order valence-corrected chi connectivity index (χ0v) is 19.2. The Kier molecular flexibility index (Phi) is 6.30. The molecule has 0 aliphatic carbocycles. The second kappa shape index (κ2) is 9.52. The highest BCUT2D eigenvalue weighted by Gasteiger charge is 2.28. The molecule has 2 fully saturated rings.